The van der Waals surface area contributed by atoms with Crippen LogP contribution in [0.5, 0.6) is 0 Å². The zero-order valence-corrected chi connectivity index (χ0v) is 13.1. The first-order chi connectivity index (χ1) is 11.7. The van der Waals surface area contributed by atoms with Crippen LogP contribution >= 0.6 is 0 Å². The third kappa shape index (κ3) is 2.58. The van der Waals surface area contributed by atoms with Gasteiger partial charge in [0.15, 0.2) is 0 Å². The summed E-state index contributed by atoms with van der Waals surface area (Å²) in [4.78, 5) is 28.9. The molecule has 0 atom stereocenters. The van der Waals surface area contributed by atoms with Gasteiger partial charge in [0.2, 0.25) is 11.7 Å². The number of aromatic amines is 1. The van der Waals surface area contributed by atoms with E-state index in [0.717, 1.165) is 22.1 Å². The summed E-state index contributed by atoms with van der Waals surface area (Å²) in [5, 5.41) is 3.02. The third-order valence-corrected chi connectivity index (χ3v) is 3.81. The molecule has 4 rings (SSSR count). The molecule has 0 aliphatic heterocycles. The number of hydrogen-bond acceptors (Lipinski definition) is 5. The lowest BCUT2D eigenvalue weighted by Crippen LogP contribution is -2.18. The van der Waals surface area contributed by atoms with E-state index in [4.69, 9.17) is 0 Å². The second-order valence-corrected chi connectivity index (χ2v) is 5.53. The molecule has 24 heavy (non-hydrogen) atoms. The second kappa shape index (κ2) is 5.73. The maximum Gasteiger partial charge on any atom is 0.202 e. The van der Waals surface area contributed by atoms with Crippen LogP contribution in [0.15, 0.2) is 48.5 Å². The van der Waals surface area contributed by atoms with Gasteiger partial charge < -0.3 is 10.3 Å². The molecule has 2 aromatic carbocycles. The molecule has 2 heterocycles. The van der Waals surface area contributed by atoms with Crippen LogP contribution in [0, 0.1) is 6.92 Å². The first-order valence-corrected chi connectivity index (χ1v) is 7.66. The highest BCUT2D eigenvalue weighted by Crippen LogP contribution is 2.15. The Hall–Kier alpha value is -3.28. The molecule has 2 aromatic heterocycles. The van der Waals surface area contributed by atoms with Crippen molar-refractivity contribution in [3.63, 3.8) is 0 Å². The van der Waals surface area contributed by atoms with Crippen LogP contribution in [-0.2, 0) is 0 Å². The number of carbonyl (C=O) groups excluding carboxylic acids is 1. The van der Waals surface area contributed by atoms with E-state index in [2.05, 4.69) is 25.3 Å². The van der Waals surface area contributed by atoms with E-state index in [1.807, 2.05) is 48.5 Å². The predicted molar refractivity (Wildman–Crippen MR) is 93.2 cm³/mol. The first kappa shape index (κ1) is 14.3. The van der Waals surface area contributed by atoms with Crippen LogP contribution in [-0.4, -0.2) is 32.3 Å². The summed E-state index contributed by atoms with van der Waals surface area (Å²) in [6.45, 7) is 1.90. The number of H-pyrrole nitrogens is 1. The maximum atomic E-state index is 12.5. The van der Waals surface area contributed by atoms with Gasteiger partial charge in [-0.2, -0.15) is 0 Å². The number of nitrogens with one attached hydrogen (secondary N) is 2. The topological polar surface area (TPSA) is 83.6 Å². The standard InChI is InChI=1S/C18H15N5O/c1-11-17(21-13-7-3-2-6-12(13)20-11)16(24)10-19-18-22-14-8-4-5-9-15(14)23-18/h2-9H,10H2,1H3,(H2,19,22,23). The molecule has 0 amide bonds. The van der Waals surface area contributed by atoms with E-state index in [9.17, 15) is 4.79 Å². The molecule has 6 nitrogen and oxygen atoms in total. The molecule has 0 aliphatic rings. The summed E-state index contributed by atoms with van der Waals surface area (Å²) in [7, 11) is 0. The molecular formula is C18H15N5O. The van der Waals surface area contributed by atoms with Crippen molar-refractivity contribution in [2.45, 2.75) is 6.92 Å². The van der Waals surface area contributed by atoms with Gasteiger partial charge in [-0.25, -0.2) is 15.0 Å². The molecule has 0 bridgehead atoms. The number of benzene rings is 2. The first-order valence-electron chi connectivity index (χ1n) is 7.66. The van der Waals surface area contributed by atoms with E-state index in [1.54, 1.807) is 6.92 Å². The molecule has 0 spiro atoms. The number of aromatic nitrogens is 4. The van der Waals surface area contributed by atoms with E-state index in [-0.39, 0.29) is 12.3 Å². The fourth-order valence-electron chi connectivity index (χ4n) is 2.64. The lowest BCUT2D eigenvalue weighted by molar-refractivity contribution is 0.100. The molecule has 0 radical (unpaired) electrons. The normalized spacial score (nSPS) is 11.0. The number of imidazole rings is 1. The van der Waals surface area contributed by atoms with Crippen molar-refractivity contribution < 1.29 is 4.79 Å². The number of nitrogens with zero attached hydrogens (tertiary/aromatic N) is 3. The molecule has 0 fully saturated rings. The number of rotatable bonds is 4. The number of anilines is 1. The van der Waals surface area contributed by atoms with Crippen LogP contribution in [0.3, 0.4) is 0 Å². The Morgan fingerprint density at radius 2 is 1.62 bits per heavy atom. The number of para-hydroxylation sites is 4. The van der Waals surface area contributed by atoms with Gasteiger partial charge in [0.25, 0.3) is 0 Å². The average Bonchev–Trinajstić information content (AvgIpc) is 3.02. The molecule has 0 saturated carbocycles. The van der Waals surface area contributed by atoms with Crippen molar-refractivity contribution in [1.82, 2.24) is 19.9 Å². The lowest BCUT2D eigenvalue weighted by Gasteiger charge is -2.06. The maximum absolute atomic E-state index is 12.5. The number of carbonyl (C=O) groups is 1. The van der Waals surface area contributed by atoms with Crippen molar-refractivity contribution in [2.24, 2.45) is 0 Å². The van der Waals surface area contributed by atoms with Gasteiger partial charge in [0, 0.05) is 0 Å². The summed E-state index contributed by atoms with van der Waals surface area (Å²) in [5.41, 5.74) is 4.30. The highest BCUT2D eigenvalue weighted by Gasteiger charge is 2.14. The number of Topliss-reactive ketones (excluding diaryl/α,β-unsaturated/α-hetero) is 1. The minimum absolute atomic E-state index is 0.105. The van der Waals surface area contributed by atoms with E-state index < -0.39 is 0 Å². The smallest absolute Gasteiger partial charge is 0.202 e. The highest BCUT2D eigenvalue weighted by molar-refractivity contribution is 5.99. The summed E-state index contributed by atoms with van der Waals surface area (Å²) in [6, 6.07) is 15.2. The van der Waals surface area contributed by atoms with E-state index in [0.29, 0.717) is 17.3 Å². The van der Waals surface area contributed by atoms with Gasteiger partial charge in [-0.15, -0.1) is 0 Å². The van der Waals surface area contributed by atoms with E-state index >= 15 is 0 Å². The largest absolute Gasteiger partial charge is 0.348 e. The summed E-state index contributed by atoms with van der Waals surface area (Å²) in [6.07, 6.45) is 0. The highest BCUT2D eigenvalue weighted by atomic mass is 16.1. The van der Waals surface area contributed by atoms with E-state index in [1.165, 1.54) is 0 Å². The van der Waals surface area contributed by atoms with Gasteiger partial charge in [-0.3, -0.25) is 4.79 Å². The van der Waals surface area contributed by atoms with Gasteiger partial charge in [-0.1, -0.05) is 24.3 Å². The third-order valence-electron chi connectivity index (χ3n) is 3.81. The Labute approximate surface area is 138 Å². The zero-order chi connectivity index (χ0) is 16.5. The molecular weight excluding hydrogens is 302 g/mol. The van der Waals surface area contributed by atoms with Crippen molar-refractivity contribution in [1.29, 1.82) is 0 Å². The predicted octanol–water partition coefficient (Wildman–Crippen LogP) is 3.11. The molecule has 0 aliphatic carbocycles. The Bertz CT molecular complexity index is 1020. The molecule has 0 unspecified atom stereocenters. The SMILES string of the molecule is Cc1nc2ccccc2nc1C(=O)CNc1nc2ccccc2[nH]1. The van der Waals surface area contributed by atoms with Gasteiger partial charge in [-0.05, 0) is 31.2 Å². The molecule has 0 saturated heterocycles. The lowest BCUT2D eigenvalue weighted by atomic mass is 10.2. The summed E-state index contributed by atoms with van der Waals surface area (Å²) in [5.74, 6) is 0.446. The van der Waals surface area contributed by atoms with Crippen molar-refractivity contribution in [2.75, 3.05) is 11.9 Å². The monoisotopic (exact) mass is 317 g/mol. The van der Waals surface area contributed by atoms with Crippen LogP contribution in [0.2, 0.25) is 0 Å². The van der Waals surface area contributed by atoms with Gasteiger partial charge in [0.05, 0.1) is 34.3 Å². The minimum atomic E-state index is -0.119. The minimum Gasteiger partial charge on any atom is -0.348 e. The Balaban J connectivity index is 1.56. The van der Waals surface area contributed by atoms with Crippen LogP contribution in [0.1, 0.15) is 16.2 Å². The second-order valence-electron chi connectivity index (χ2n) is 5.53. The quantitative estimate of drug-likeness (QED) is 0.565. The summed E-state index contributed by atoms with van der Waals surface area (Å²) < 4.78 is 0. The number of aryl methyl sites for hydroxylation is 1. The molecule has 4 aromatic rings. The van der Waals surface area contributed by atoms with Crippen LogP contribution in [0.25, 0.3) is 22.1 Å². The number of ketones is 1. The Morgan fingerprint density at radius 3 is 2.38 bits per heavy atom. The fraction of sp³-hybridized carbons (Fsp3) is 0.111. The number of hydrogen-bond donors (Lipinski definition) is 2. The molecule has 6 heteroatoms. The zero-order valence-electron chi connectivity index (χ0n) is 13.1. The average molecular weight is 317 g/mol. The van der Waals surface area contributed by atoms with Gasteiger partial charge in [0.1, 0.15) is 5.69 Å². The van der Waals surface area contributed by atoms with Crippen LogP contribution < -0.4 is 5.32 Å². The number of fused-ring (bicyclic) bond motifs is 2. The Kier molecular flexibility index (Phi) is 3.42. The molecule has 118 valence electrons. The van der Waals surface area contributed by atoms with Crippen molar-refractivity contribution in [3.05, 3.63) is 59.9 Å². The summed E-state index contributed by atoms with van der Waals surface area (Å²) >= 11 is 0. The fourth-order valence-corrected chi connectivity index (χ4v) is 2.64. The van der Waals surface area contributed by atoms with Crippen molar-refractivity contribution in [3.8, 4) is 0 Å². The van der Waals surface area contributed by atoms with Gasteiger partial charge >= 0.3 is 0 Å². The van der Waals surface area contributed by atoms with Crippen molar-refractivity contribution >= 4 is 33.8 Å². The van der Waals surface area contributed by atoms with Crippen LogP contribution in [0.4, 0.5) is 5.95 Å². The Morgan fingerprint density at radius 1 is 0.958 bits per heavy atom. The molecule has 2 N–H and O–H groups in total.